The smallest absolute Gasteiger partial charge is 0.319 e. The van der Waals surface area contributed by atoms with Crippen LogP contribution < -0.4 is 10.6 Å². The minimum Gasteiger partial charge on any atom is -0.351 e. The van der Waals surface area contributed by atoms with Crippen LogP contribution >= 0.6 is 0 Å². The van der Waals surface area contributed by atoms with Gasteiger partial charge in [-0.15, -0.1) is 0 Å². The highest BCUT2D eigenvalue weighted by molar-refractivity contribution is 6.02. The molecule has 1 heterocycles. The zero-order chi connectivity index (χ0) is 16.4. The second-order valence-electron chi connectivity index (χ2n) is 5.38. The topological polar surface area (TPSA) is 59.2 Å². The number of amides is 2. The molecule has 3 aromatic rings. The third kappa shape index (κ3) is 3.13. The molecule has 1 aromatic heterocycles. The average Bonchev–Trinajstić information content (AvgIpc) is 2.52. The van der Waals surface area contributed by atoms with Crippen LogP contribution in [-0.2, 0) is 6.54 Å². The maximum Gasteiger partial charge on any atom is 0.319 e. The molecule has 0 aliphatic rings. The molecule has 4 nitrogen and oxygen atoms in total. The molecule has 23 heavy (non-hydrogen) atoms. The fourth-order valence-corrected chi connectivity index (χ4v) is 2.59. The van der Waals surface area contributed by atoms with E-state index >= 15 is 0 Å². The Kier molecular flexibility index (Phi) is 3.93. The van der Waals surface area contributed by atoms with E-state index in [0.29, 0.717) is 11.3 Å². The zero-order valence-electron chi connectivity index (χ0n) is 12.7. The number of carbonyl (C=O) groups is 1. The van der Waals surface area contributed by atoms with Crippen molar-refractivity contribution in [1.82, 2.24) is 4.98 Å². The molecule has 2 aromatic carbocycles. The molecule has 0 unspecified atom stereocenters. The van der Waals surface area contributed by atoms with Crippen LogP contribution in [0.15, 0.2) is 54.7 Å². The summed E-state index contributed by atoms with van der Waals surface area (Å²) in [7, 11) is 0. The van der Waals surface area contributed by atoms with Gasteiger partial charge in [0, 0.05) is 22.7 Å². The Morgan fingerprint density at radius 1 is 1.22 bits per heavy atom. The third-order valence-electron chi connectivity index (χ3n) is 3.66. The largest absolute Gasteiger partial charge is 0.351 e. The first-order valence-electron chi connectivity index (χ1n) is 7.21. The van der Waals surface area contributed by atoms with E-state index in [9.17, 15) is 9.18 Å². The van der Waals surface area contributed by atoms with E-state index < -0.39 is 6.03 Å². The number of benzene rings is 2. The van der Waals surface area contributed by atoms with Gasteiger partial charge in [-0.1, -0.05) is 24.3 Å². The lowest BCUT2D eigenvalue weighted by atomic mass is 10.1. The summed E-state index contributed by atoms with van der Waals surface area (Å²) >= 11 is 0. The van der Waals surface area contributed by atoms with Crippen molar-refractivity contribution in [1.29, 1.82) is 0 Å². The molecule has 5 heteroatoms. The van der Waals surface area contributed by atoms with Gasteiger partial charge in [0.15, 0.2) is 0 Å². The van der Waals surface area contributed by atoms with Gasteiger partial charge in [0.2, 0.25) is 0 Å². The van der Waals surface area contributed by atoms with Gasteiger partial charge < -0.3 is 5.73 Å². The number of carbonyl (C=O) groups excluding carboxylic acids is 1. The van der Waals surface area contributed by atoms with Crippen molar-refractivity contribution in [3.63, 3.8) is 0 Å². The van der Waals surface area contributed by atoms with E-state index in [1.807, 2.05) is 31.2 Å². The lowest BCUT2D eigenvalue weighted by Crippen LogP contribution is -2.35. The minimum absolute atomic E-state index is 0.202. The first-order valence-corrected chi connectivity index (χ1v) is 7.21. The second-order valence-corrected chi connectivity index (χ2v) is 5.38. The van der Waals surface area contributed by atoms with Crippen molar-refractivity contribution in [2.75, 3.05) is 4.90 Å². The number of hydrogen-bond donors (Lipinski definition) is 1. The van der Waals surface area contributed by atoms with Crippen LogP contribution in [0, 0.1) is 12.7 Å². The quantitative estimate of drug-likeness (QED) is 0.800. The van der Waals surface area contributed by atoms with Crippen molar-refractivity contribution in [3.05, 3.63) is 71.8 Å². The number of nitrogens with two attached hydrogens (primary N) is 1. The number of halogens is 1. The van der Waals surface area contributed by atoms with E-state index in [4.69, 9.17) is 5.73 Å². The van der Waals surface area contributed by atoms with Crippen molar-refractivity contribution < 1.29 is 9.18 Å². The van der Waals surface area contributed by atoms with Crippen LogP contribution in [0.25, 0.3) is 10.8 Å². The Balaban J connectivity index is 2.08. The number of aromatic nitrogens is 1. The minimum atomic E-state index is -0.587. The Morgan fingerprint density at radius 3 is 2.74 bits per heavy atom. The van der Waals surface area contributed by atoms with E-state index in [0.717, 1.165) is 16.5 Å². The van der Waals surface area contributed by atoms with Crippen LogP contribution in [0.4, 0.5) is 14.9 Å². The number of hydrogen-bond acceptors (Lipinski definition) is 2. The van der Waals surface area contributed by atoms with Crippen LogP contribution in [0.2, 0.25) is 0 Å². The van der Waals surface area contributed by atoms with Crippen molar-refractivity contribution in [3.8, 4) is 0 Å². The molecule has 3 rings (SSSR count). The molecule has 2 N–H and O–H groups in total. The summed E-state index contributed by atoms with van der Waals surface area (Å²) in [5, 5.41) is 1.80. The van der Waals surface area contributed by atoms with Gasteiger partial charge in [-0.2, -0.15) is 0 Å². The Labute approximate surface area is 133 Å². The summed E-state index contributed by atoms with van der Waals surface area (Å²) in [6, 6.07) is 13.0. The predicted octanol–water partition coefficient (Wildman–Crippen LogP) is 3.77. The zero-order valence-corrected chi connectivity index (χ0v) is 12.7. The highest BCUT2D eigenvalue weighted by Crippen LogP contribution is 2.28. The van der Waals surface area contributed by atoms with Crippen molar-refractivity contribution in [2.45, 2.75) is 13.5 Å². The molecule has 0 atom stereocenters. The number of primary amides is 1. The summed E-state index contributed by atoms with van der Waals surface area (Å²) in [6.45, 7) is 2.09. The molecule has 2 amide bonds. The highest BCUT2D eigenvalue weighted by atomic mass is 19.1. The van der Waals surface area contributed by atoms with Gasteiger partial charge >= 0.3 is 6.03 Å². The van der Waals surface area contributed by atoms with Crippen molar-refractivity contribution >= 4 is 22.5 Å². The monoisotopic (exact) mass is 309 g/mol. The normalized spacial score (nSPS) is 10.7. The number of rotatable bonds is 3. The van der Waals surface area contributed by atoms with Gasteiger partial charge in [-0.3, -0.25) is 9.88 Å². The average molecular weight is 309 g/mol. The molecule has 0 spiro atoms. The number of pyridine rings is 1. The van der Waals surface area contributed by atoms with Gasteiger partial charge in [0.25, 0.3) is 0 Å². The second kappa shape index (κ2) is 6.04. The fourth-order valence-electron chi connectivity index (χ4n) is 2.59. The fraction of sp³-hybridized carbons (Fsp3) is 0.111. The van der Waals surface area contributed by atoms with Gasteiger partial charge in [0.05, 0.1) is 12.2 Å². The van der Waals surface area contributed by atoms with Gasteiger partial charge in [-0.05, 0) is 36.8 Å². The summed E-state index contributed by atoms with van der Waals surface area (Å²) < 4.78 is 13.4. The first-order chi connectivity index (χ1) is 11.0. The van der Waals surface area contributed by atoms with Gasteiger partial charge in [0.1, 0.15) is 5.82 Å². The third-order valence-corrected chi connectivity index (χ3v) is 3.66. The number of nitrogens with zero attached hydrogens (tertiary/aromatic N) is 2. The summed E-state index contributed by atoms with van der Waals surface area (Å²) in [5.41, 5.74) is 7.77. The number of anilines is 1. The standard InChI is InChI=1S/C18H16FN3O/c1-12-8-16-14(10-21-12)5-3-7-17(16)22(18(20)23)11-13-4-2-6-15(19)9-13/h2-10H,11H2,1H3,(H2,20,23). The van der Waals surface area contributed by atoms with Crippen LogP contribution in [0.3, 0.4) is 0 Å². The molecule has 0 bridgehead atoms. The summed E-state index contributed by atoms with van der Waals surface area (Å²) in [5.74, 6) is -0.343. The van der Waals surface area contributed by atoms with Crippen LogP contribution in [0.1, 0.15) is 11.3 Å². The molecule has 116 valence electrons. The van der Waals surface area contributed by atoms with E-state index in [1.165, 1.54) is 17.0 Å². The Bertz CT molecular complexity index is 879. The number of aryl methyl sites for hydroxylation is 1. The number of fused-ring (bicyclic) bond motifs is 1. The lowest BCUT2D eigenvalue weighted by Gasteiger charge is -2.22. The molecule has 0 saturated heterocycles. The lowest BCUT2D eigenvalue weighted by molar-refractivity contribution is 0.253. The summed E-state index contributed by atoms with van der Waals surface area (Å²) in [6.07, 6.45) is 1.76. The Hall–Kier alpha value is -2.95. The maximum absolute atomic E-state index is 13.4. The predicted molar refractivity (Wildman–Crippen MR) is 88.6 cm³/mol. The van der Waals surface area contributed by atoms with Crippen LogP contribution in [0.5, 0.6) is 0 Å². The maximum atomic E-state index is 13.4. The molecule has 0 aliphatic carbocycles. The molecule has 0 aliphatic heterocycles. The SMILES string of the molecule is Cc1cc2c(N(Cc3cccc(F)c3)C(N)=O)cccc2cn1. The molecule has 0 saturated carbocycles. The number of urea groups is 1. The first kappa shape index (κ1) is 15.0. The van der Waals surface area contributed by atoms with E-state index in [-0.39, 0.29) is 12.4 Å². The van der Waals surface area contributed by atoms with Crippen molar-refractivity contribution in [2.24, 2.45) is 5.73 Å². The summed E-state index contributed by atoms with van der Waals surface area (Å²) in [4.78, 5) is 17.7. The van der Waals surface area contributed by atoms with E-state index in [2.05, 4.69) is 4.98 Å². The molecular weight excluding hydrogens is 293 g/mol. The van der Waals surface area contributed by atoms with Gasteiger partial charge in [-0.25, -0.2) is 9.18 Å². The Morgan fingerprint density at radius 2 is 2.00 bits per heavy atom. The molecule has 0 radical (unpaired) electrons. The molecular formula is C18H16FN3O. The van der Waals surface area contributed by atoms with Crippen LogP contribution in [-0.4, -0.2) is 11.0 Å². The highest BCUT2D eigenvalue weighted by Gasteiger charge is 2.16. The molecule has 0 fully saturated rings. The van der Waals surface area contributed by atoms with E-state index in [1.54, 1.807) is 18.3 Å².